The number of ether oxygens (including phenoxy) is 1. The Labute approximate surface area is 193 Å². The molecule has 2 saturated heterocycles. The standard InChI is InChI=1S/C22H31N5O3.CH2O2/c1-26-11-7-16(8-12-26)15-23-21(28)18-9-13-27(14-10-18)22-24-20(25-30-22)17-3-5-19(29-2)6-4-17;2-1-3/h3-6,16,18H,7-15H2,1-2H3,(H,23,28);1H,(H,2,3). The first-order chi connectivity index (χ1) is 16.0. The first-order valence-corrected chi connectivity index (χ1v) is 11.3. The van der Waals surface area contributed by atoms with Crippen LogP contribution >= 0.6 is 0 Å². The molecule has 1 aromatic carbocycles. The van der Waals surface area contributed by atoms with E-state index in [0.717, 1.165) is 56.9 Å². The molecule has 0 unspecified atom stereocenters. The molecule has 2 aliphatic rings. The first-order valence-electron chi connectivity index (χ1n) is 11.3. The van der Waals surface area contributed by atoms with E-state index in [-0.39, 0.29) is 18.3 Å². The summed E-state index contributed by atoms with van der Waals surface area (Å²) in [4.78, 5) is 29.9. The average Bonchev–Trinajstić information content (AvgIpc) is 3.34. The van der Waals surface area contributed by atoms with Gasteiger partial charge in [-0.3, -0.25) is 9.59 Å². The van der Waals surface area contributed by atoms with Gasteiger partial charge in [0.05, 0.1) is 7.11 Å². The molecule has 2 aliphatic heterocycles. The molecular formula is C23H33N5O5. The van der Waals surface area contributed by atoms with E-state index in [4.69, 9.17) is 19.2 Å². The fourth-order valence-electron chi connectivity index (χ4n) is 4.19. The van der Waals surface area contributed by atoms with Gasteiger partial charge in [0, 0.05) is 31.1 Å². The molecular weight excluding hydrogens is 426 g/mol. The lowest BCUT2D eigenvalue weighted by Gasteiger charge is -2.31. The molecule has 3 heterocycles. The average molecular weight is 460 g/mol. The summed E-state index contributed by atoms with van der Waals surface area (Å²) in [5.74, 6) is 2.22. The zero-order chi connectivity index (χ0) is 23.6. The molecule has 0 radical (unpaired) electrons. The van der Waals surface area contributed by atoms with Crippen molar-refractivity contribution in [2.75, 3.05) is 51.8 Å². The van der Waals surface area contributed by atoms with Crippen LogP contribution in [0.3, 0.4) is 0 Å². The Morgan fingerprint density at radius 1 is 1.18 bits per heavy atom. The predicted molar refractivity (Wildman–Crippen MR) is 123 cm³/mol. The number of aromatic nitrogens is 2. The minimum absolute atomic E-state index is 0.0662. The monoisotopic (exact) mass is 459 g/mol. The van der Waals surface area contributed by atoms with Crippen LogP contribution < -0.4 is 15.0 Å². The highest BCUT2D eigenvalue weighted by molar-refractivity contribution is 5.79. The van der Waals surface area contributed by atoms with Crippen molar-refractivity contribution in [3.63, 3.8) is 0 Å². The molecule has 33 heavy (non-hydrogen) atoms. The van der Waals surface area contributed by atoms with Crippen molar-refractivity contribution >= 4 is 18.4 Å². The van der Waals surface area contributed by atoms with Gasteiger partial charge in [0.25, 0.3) is 6.47 Å². The molecule has 0 spiro atoms. The number of nitrogens with zero attached hydrogens (tertiary/aromatic N) is 4. The Morgan fingerprint density at radius 3 is 2.42 bits per heavy atom. The van der Waals surface area contributed by atoms with E-state index in [2.05, 4.69) is 32.3 Å². The summed E-state index contributed by atoms with van der Waals surface area (Å²) in [7, 11) is 3.80. The van der Waals surface area contributed by atoms with Crippen LogP contribution in [0.4, 0.5) is 6.01 Å². The molecule has 2 fully saturated rings. The van der Waals surface area contributed by atoms with Crippen LogP contribution in [0.15, 0.2) is 28.8 Å². The molecule has 0 atom stereocenters. The molecule has 0 aliphatic carbocycles. The van der Waals surface area contributed by atoms with Crippen molar-refractivity contribution in [2.24, 2.45) is 11.8 Å². The van der Waals surface area contributed by atoms with Crippen molar-refractivity contribution in [1.82, 2.24) is 20.4 Å². The van der Waals surface area contributed by atoms with E-state index in [0.29, 0.717) is 17.8 Å². The fraction of sp³-hybridized carbons (Fsp3) is 0.565. The minimum atomic E-state index is -0.250. The summed E-state index contributed by atoms with van der Waals surface area (Å²) >= 11 is 0. The van der Waals surface area contributed by atoms with Gasteiger partial charge < -0.3 is 29.5 Å². The smallest absolute Gasteiger partial charge is 0.324 e. The van der Waals surface area contributed by atoms with E-state index in [9.17, 15) is 4.79 Å². The normalized spacial score (nSPS) is 17.7. The van der Waals surface area contributed by atoms with E-state index in [1.807, 2.05) is 24.3 Å². The van der Waals surface area contributed by atoms with Gasteiger partial charge in [-0.05, 0) is 76.0 Å². The SMILES string of the molecule is COc1ccc(-c2noc(N3CCC(C(=O)NCC4CCN(C)CC4)CC3)n2)cc1.O=CO. The van der Waals surface area contributed by atoms with Crippen LogP contribution in [-0.4, -0.2) is 79.4 Å². The second-order valence-corrected chi connectivity index (χ2v) is 8.49. The summed E-state index contributed by atoms with van der Waals surface area (Å²) in [6.45, 7) is 4.30. The molecule has 4 rings (SSSR count). The lowest BCUT2D eigenvalue weighted by molar-refractivity contribution is -0.126. The Kier molecular flexibility index (Phi) is 9.05. The summed E-state index contributed by atoms with van der Waals surface area (Å²) in [5.41, 5.74) is 0.883. The highest BCUT2D eigenvalue weighted by atomic mass is 16.5. The highest BCUT2D eigenvalue weighted by Gasteiger charge is 2.28. The van der Waals surface area contributed by atoms with Crippen molar-refractivity contribution in [1.29, 1.82) is 0 Å². The predicted octanol–water partition coefficient (Wildman–Crippen LogP) is 2.12. The third-order valence-electron chi connectivity index (χ3n) is 6.30. The molecule has 0 bridgehead atoms. The van der Waals surface area contributed by atoms with Gasteiger partial charge in [-0.2, -0.15) is 4.98 Å². The Hall–Kier alpha value is -3.14. The summed E-state index contributed by atoms with van der Waals surface area (Å²) in [6, 6.07) is 8.09. The van der Waals surface area contributed by atoms with E-state index < -0.39 is 0 Å². The summed E-state index contributed by atoms with van der Waals surface area (Å²) in [5, 5.41) is 14.2. The lowest BCUT2D eigenvalue weighted by Crippen LogP contribution is -2.43. The van der Waals surface area contributed by atoms with Gasteiger partial charge in [-0.1, -0.05) is 5.16 Å². The van der Waals surface area contributed by atoms with E-state index >= 15 is 0 Å². The molecule has 180 valence electrons. The van der Waals surface area contributed by atoms with E-state index in [1.165, 1.54) is 12.8 Å². The van der Waals surface area contributed by atoms with Crippen molar-refractivity contribution < 1.29 is 24.0 Å². The second kappa shape index (κ2) is 12.2. The van der Waals surface area contributed by atoms with Gasteiger partial charge in [-0.15, -0.1) is 0 Å². The number of amides is 1. The van der Waals surface area contributed by atoms with Crippen molar-refractivity contribution in [2.45, 2.75) is 25.7 Å². The third kappa shape index (κ3) is 6.92. The maximum atomic E-state index is 12.6. The number of hydrogen-bond donors (Lipinski definition) is 2. The first kappa shape index (κ1) is 24.5. The van der Waals surface area contributed by atoms with Gasteiger partial charge in [0.15, 0.2) is 0 Å². The highest BCUT2D eigenvalue weighted by Crippen LogP contribution is 2.26. The van der Waals surface area contributed by atoms with Gasteiger partial charge in [-0.25, -0.2) is 0 Å². The molecule has 2 aromatic rings. The summed E-state index contributed by atoms with van der Waals surface area (Å²) < 4.78 is 10.7. The minimum Gasteiger partial charge on any atom is -0.497 e. The quantitative estimate of drug-likeness (QED) is 0.626. The fourth-order valence-corrected chi connectivity index (χ4v) is 4.19. The lowest BCUT2D eigenvalue weighted by atomic mass is 9.94. The molecule has 1 aromatic heterocycles. The zero-order valence-electron chi connectivity index (χ0n) is 19.3. The Bertz CT molecular complexity index is 872. The van der Waals surface area contributed by atoms with Crippen molar-refractivity contribution in [3.05, 3.63) is 24.3 Å². The number of carboxylic acid groups (broad SMARTS) is 1. The topological polar surface area (TPSA) is 121 Å². The van der Waals surface area contributed by atoms with Crippen LogP contribution in [0.2, 0.25) is 0 Å². The molecule has 0 saturated carbocycles. The van der Waals surface area contributed by atoms with Gasteiger partial charge in [0.2, 0.25) is 11.7 Å². The van der Waals surface area contributed by atoms with Crippen LogP contribution in [0.5, 0.6) is 5.75 Å². The van der Waals surface area contributed by atoms with Crippen LogP contribution in [0.25, 0.3) is 11.4 Å². The maximum Gasteiger partial charge on any atom is 0.324 e. The number of anilines is 1. The number of likely N-dealkylation sites (tertiary alicyclic amines) is 1. The molecule has 10 heteroatoms. The van der Waals surface area contributed by atoms with E-state index in [1.54, 1.807) is 7.11 Å². The van der Waals surface area contributed by atoms with Gasteiger partial charge >= 0.3 is 6.01 Å². The molecule has 10 nitrogen and oxygen atoms in total. The third-order valence-corrected chi connectivity index (χ3v) is 6.30. The number of carbonyl (C=O) groups excluding carboxylic acids is 1. The largest absolute Gasteiger partial charge is 0.497 e. The number of piperidine rings is 2. The van der Waals surface area contributed by atoms with Crippen LogP contribution in [0, 0.1) is 11.8 Å². The number of methoxy groups -OCH3 is 1. The van der Waals surface area contributed by atoms with Crippen LogP contribution in [0.1, 0.15) is 25.7 Å². The molecule has 1 amide bonds. The number of rotatable bonds is 6. The maximum absolute atomic E-state index is 12.6. The second-order valence-electron chi connectivity index (χ2n) is 8.49. The van der Waals surface area contributed by atoms with Gasteiger partial charge in [0.1, 0.15) is 5.75 Å². The Morgan fingerprint density at radius 2 is 1.82 bits per heavy atom. The molecule has 2 N–H and O–H groups in total. The number of carbonyl (C=O) groups is 2. The van der Waals surface area contributed by atoms with Crippen molar-refractivity contribution in [3.8, 4) is 17.1 Å². The number of nitrogens with one attached hydrogen (secondary N) is 1. The number of hydrogen-bond acceptors (Lipinski definition) is 8. The van der Waals surface area contributed by atoms with Crippen LogP contribution in [-0.2, 0) is 9.59 Å². The number of benzene rings is 1. The Balaban J connectivity index is 0.000000968. The zero-order valence-corrected chi connectivity index (χ0v) is 19.3. The summed E-state index contributed by atoms with van der Waals surface area (Å²) in [6.07, 6.45) is 3.95.